The summed E-state index contributed by atoms with van der Waals surface area (Å²) in [6.07, 6.45) is 3.58. The van der Waals surface area contributed by atoms with Crippen molar-refractivity contribution in [3.63, 3.8) is 0 Å². The first kappa shape index (κ1) is 18.9. The smallest absolute Gasteiger partial charge is 0.233 e. The van der Waals surface area contributed by atoms with Gasteiger partial charge in [-0.1, -0.05) is 70.2 Å². The van der Waals surface area contributed by atoms with E-state index >= 15 is 0 Å². The normalized spacial score (nSPS) is 18.5. The first-order chi connectivity index (χ1) is 13.2. The molecule has 3 aromatic rings. The van der Waals surface area contributed by atoms with Crippen molar-refractivity contribution in [3.8, 4) is 0 Å². The second kappa shape index (κ2) is 6.56. The lowest BCUT2D eigenvalue weighted by molar-refractivity contribution is 0.219. The number of aliphatic hydroxyl groups excluding tert-OH is 1. The molecule has 0 fully saturated rings. The number of benzene rings is 3. The lowest BCUT2D eigenvalue weighted by Gasteiger charge is -2.42. The molecule has 3 aromatic carbocycles. The summed E-state index contributed by atoms with van der Waals surface area (Å²) in [4.78, 5) is 10.9. The van der Waals surface area contributed by atoms with Crippen molar-refractivity contribution < 1.29 is 9.90 Å². The SMILES string of the molecule is CC1(C)CCC(C)(C)c2cc(C(O)c3ccc4cc([C]=O)ccc4c3)ccc21. The van der Waals surface area contributed by atoms with Crippen LogP contribution in [0.25, 0.3) is 10.8 Å². The Morgan fingerprint density at radius 3 is 2.07 bits per heavy atom. The molecule has 0 aliphatic heterocycles. The summed E-state index contributed by atoms with van der Waals surface area (Å²) in [6, 6.07) is 17.9. The van der Waals surface area contributed by atoms with Crippen molar-refractivity contribution in [1.29, 1.82) is 0 Å². The summed E-state index contributed by atoms with van der Waals surface area (Å²) in [5, 5.41) is 13.1. The van der Waals surface area contributed by atoms with Gasteiger partial charge in [0.05, 0.1) is 0 Å². The van der Waals surface area contributed by atoms with E-state index in [9.17, 15) is 9.90 Å². The number of aliphatic hydroxyl groups is 1. The standard InChI is InChI=1S/C26H27O2/c1-25(2)11-12-26(3,4)23-15-21(9-10-22(23)25)24(28)20-8-7-18-13-17(16-27)5-6-19(18)14-20/h5-10,13-15,24,28H,11-12H2,1-4H3. The first-order valence-electron chi connectivity index (χ1n) is 9.96. The minimum absolute atomic E-state index is 0.117. The fourth-order valence-electron chi connectivity index (χ4n) is 4.47. The Bertz CT molecular complexity index is 1060. The highest BCUT2D eigenvalue weighted by Gasteiger charge is 2.37. The van der Waals surface area contributed by atoms with Gasteiger partial charge in [-0.25, -0.2) is 0 Å². The monoisotopic (exact) mass is 371 g/mol. The Morgan fingerprint density at radius 1 is 0.786 bits per heavy atom. The summed E-state index contributed by atoms with van der Waals surface area (Å²) in [5.41, 5.74) is 5.38. The molecule has 2 nitrogen and oxygen atoms in total. The van der Waals surface area contributed by atoms with Gasteiger partial charge in [0.1, 0.15) is 6.10 Å². The predicted molar refractivity (Wildman–Crippen MR) is 115 cm³/mol. The van der Waals surface area contributed by atoms with Gasteiger partial charge in [0.2, 0.25) is 6.29 Å². The van der Waals surface area contributed by atoms with Crippen molar-refractivity contribution in [2.24, 2.45) is 0 Å². The van der Waals surface area contributed by atoms with E-state index in [4.69, 9.17) is 0 Å². The van der Waals surface area contributed by atoms with Gasteiger partial charge in [0.25, 0.3) is 0 Å². The molecule has 4 rings (SSSR count). The lowest BCUT2D eigenvalue weighted by atomic mass is 9.63. The molecule has 1 unspecified atom stereocenters. The van der Waals surface area contributed by atoms with Crippen molar-refractivity contribution in [2.45, 2.75) is 57.5 Å². The van der Waals surface area contributed by atoms with E-state index in [-0.39, 0.29) is 10.8 Å². The van der Waals surface area contributed by atoms with E-state index < -0.39 is 6.10 Å². The van der Waals surface area contributed by atoms with E-state index in [0.29, 0.717) is 5.56 Å². The maximum Gasteiger partial charge on any atom is 0.233 e. The van der Waals surface area contributed by atoms with Gasteiger partial charge in [-0.15, -0.1) is 0 Å². The highest BCUT2D eigenvalue weighted by Crippen LogP contribution is 2.46. The van der Waals surface area contributed by atoms with Crippen molar-refractivity contribution >= 4 is 17.1 Å². The average Bonchev–Trinajstić information content (AvgIpc) is 2.70. The molecule has 0 saturated carbocycles. The van der Waals surface area contributed by atoms with Crippen molar-refractivity contribution in [1.82, 2.24) is 0 Å². The summed E-state index contributed by atoms with van der Waals surface area (Å²) in [7, 11) is 0. The molecule has 0 heterocycles. The molecular weight excluding hydrogens is 344 g/mol. The third kappa shape index (κ3) is 3.16. The van der Waals surface area contributed by atoms with E-state index in [1.165, 1.54) is 17.5 Å². The second-order valence-electron chi connectivity index (χ2n) is 9.40. The summed E-state index contributed by atoms with van der Waals surface area (Å²) in [5.74, 6) is 0. The molecule has 143 valence electrons. The van der Waals surface area contributed by atoms with Crippen LogP contribution in [0.15, 0.2) is 54.6 Å². The molecule has 1 aliphatic carbocycles. The molecule has 0 saturated heterocycles. The van der Waals surface area contributed by atoms with Gasteiger partial charge < -0.3 is 5.11 Å². The second-order valence-corrected chi connectivity index (χ2v) is 9.40. The van der Waals surface area contributed by atoms with Crippen LogP contribution < -0.4 is 0 Å². The van der Waals surface area contributed by atoms with Crippen LogP contribution >= 0.6 is 0 Å². The van der Waals surface area contributed by atoms with Gasteiger partial charge in [0, 0.05) is 5.56 Å². The highest BCUT2D eigenvalue weighted by atomic mass is 16.3. The van der Waals surface area contributed by atoms with Gasteiger partial charge in [0.15, 0.2) is 0 Å². The largest absolute Gasteiger partial charge is 0.384 e. The minimum atomic E-state index is -0.673. The van der Waals surface area contributed by atoms with Gasteiger partial charge in [-0.2, -0.15) is 0 Å². The van der Waals surface area contributed by atoms with Gasteiger partial charge in [-0.3, -0.25) is 4.79 Å². The van der Waals surface area contributed by atoms with Crippen LogP contribution in [0.5, 0.6) is 0 Å². The molecule has 0 spiro atoms. The topological polar surface area (TPSA) is 37.3 Å². The van der Waals surface area contributed by atoms with Gasteiger partial charge in [-0.05, 0) is 68.8 Å². The predicted octanol–water partition coefficient (Wildman–Crippen LogP) is 5.73. The molecule has 1 N–H and O–H groups in total. The maximum absolute atomic E-state index is 11.1. The fraction of sp³-hybridized carbons (Fsp3) is 0.346. The number of hydrogen-bond acceptors (Lipinski definition) is 2. The molecule has 0 bridgehead atoms. The fourth-order valence-corrected chi connectivity index (χ4v) is 4.47. The summed E-state index contributed by atoms with van der Waals surface area (Å²) < 4.78 is 0. The molecule has 28 heavy (non-hydrogen) atoms. The van der Waals surface area contributed by atoms with Crippen LogP contribution in [0.1, 0.15) is 74.5 Å². The van der Waals surface area contributed by atoms with Crippen LogP contribution in [0.3, 0.4) is 0 Å². The number of hydrogen-bond donors (Lipinski definition) is 1. The minimum Gasteiger partial charge on any atom is -0.384 e. The zero-order valence-electron chi connectivity index (χ0n) is 17.0. The van der Waals surface area contributed by atoms with Crippen LogP contribution in [-0.4, -0.2) is 11.4 Å². The summed E-state index contributed by atoms with van der Waals surface area (Å²) >= 11 is 0. The molecule has 2 heteroatoms. The number of rotatable bonds is 3. The Kier molecular flexibility index (Phi) is 4.43. The van der Waals surface area contributed by atoms with E-state index in [1.807, 2.05) is 36.6 Å². The first-order valence-corrected chi connectivity index (χ1v) is 9.96. The zero-order chi connectivity index (χ0) is 20.1. The molecule has 1 aliphatic rings. The van der Waals surface area contributed by atoms with Gasteiger partial charge >= 0.3 is 0 Å². The van der Waals surface area contributed by atoms with E-state index in [2.05, 4.69) is 45.9 Å². The average molecular weight is 372 g/mol. The van der Waals surface area contributed by atoms with Crippen LogP contribution in [0.4, 0.5) is 0 Å². The third-order valence-electron chi connectivity index (χ3n) is 6.49. The molecule has 1 radical (unpaired) electrons. The lowest BCUT2D eigenvalue weighted by Crippen LogP contribution is -2.34. The molecule has 0 amide bonds. The maximum atomic E-state index is 11.1. The van der Waals surface area contributed by atoms with Crippen molar-refractivity contribution in [2.75, 3.05) is 0 Å². The summed E-state index contributed by atoms with van der Waals surface area (Å²) in [6.45, 7) is 9.22. The van der Waals surface area contributed by atoms with E-state index in [0.717, 1.165) is 28.3 Å². The molecular formula is C26H27O2. The Hall–Kier alpha value is -2.45. The third-order valence-corrected chi connectivity index (χ3v) is 6.49. The number of carbonyl (C=O) groups excluding carboxylic acids is 1. The quantitative estimate of drug-likeness (QED) is 0.638. The Balaban J connectivity index is 1.75. The molecule has 0 aromatic heterocycles. The zero-order valence-corrected chi connectivity index (χ0v) is 17.0. The highest BCUT2D eigenvalue weighted by molar-refractivity contribution is 5.89. The Morgan fingerprint density at radius 2 is 1.36 bits per heavy atom. The van der Waals surface area contributed by atoms with Crippen molar-refractivity contribution in [3.05, 3.63) is 82.4 Å². The van der Waals surface area contributed by atoms with Crippen LogP contribution in [0, 0.1) is 0 Å². The Labute approximate surface area is 167 Å². The van der Waals surface area contributed by atoms with Crippen LogP contribution in [-0.2, 0) is 15.6 Å². The molecule has 1 atom stereocenters. The number of fused-ring (bicyclic) bond motifs is 2. The van der Waals surface area contributed by atoms with Crippen LogP contribution in [0.2, 0.25) is 0 Å². The van der Waals surface area contributed by atoms with E-state index in [1.54, 1.807) is 6.07 Å².